The summed E-state index contributed by atoms with van der Waals surface area (Å²) >= 11 is 1.65. The summed E-state index contributed by atoms with van der Waals surface area (Å²) in [4.78, 5) is 11.2. The maximum absolute atomic E-state index is 11.4. The zero-order chi connectivity index (χ0) is 19.2. The van der Waals surface area contributed by atoms with Crippen LogP contribution in [0.4, 0.5) is 0 Å². The molecule has 1 N–H and O–H groups in total. The van der Waals surface area contributed by atoms with Crippen LogP contribution in [0.5, 0.6) is 0 Å². The number of nitrogens with zero attached hydrogens (tertiary/aromatic N) is 3. The molecule has 27 heavy (non-hydrogen) atoms. The molecule has 0 radical (unpaired) electrons. The van der Waals surface area contributed by atoms with Crippen molar-refractivity contribution in [2.45, 2.75) is 32.7 Å². The van der Waals surface area contributed by atoms with E-state index in [-0.39, 0.29) is 29.7 Å². The van der Waals surface area contributed by atoms with Gasteiger partial charge in [0.05, 0.1) is 29.5 Å². The van der Waals surface area contributed by atoms with Gasteiger partial charge in [-0.15, -0.1) is 35.3 Å². The minimum Gasteiger partial charge on any atom is -0.357 e. The van der Waals surface area contributed by atoms with Crippen LogP contribution >= 0.6 is 35.3 Å². The molecular formula is C18H27IN4O2S2. The number of sulfone groups is 1. The maximum atomic E-state index is 11.4. The molecule has 150 valence electrons. The maximum Gasteiger partial charge on any atom is 0.194 e. The van der Waals surface area contributed by atoms with E-state index in [1.807, 2.05) is 45.2 Å². The zero-order valence-electron chi connectivity index (χ0n) is 16.1. The van der Waals surface area contributed by atoms with Crippen molar-refractivity contribution in [1.29, 1.82) is 0 Å². The standard InChI is InChI=1S/C18H26N4O2S2.HI/c1-5-19-18(22(3)11-17-12-25-14(2)21-17)20-10-15-6-8-16(9-7-15)13-26(4,23)24;/h6-9,12H,5,10-11,13H2,1-4H3,(H,19,20);1H. The number of thiazole rings is 1. The molecule has 0 aliphatic rings. The molecule has 1 aromatic heterocycles. The lowest BCUT2D eigenvalue weighted by Gasteiger charge is -2.21. The van der Waals surface area contributed by atoms with E-state index in [2.05, 4.69) is 25.6 Å². The highest BCUT2D eigenvalue weighted by Crippen LogP contribution is 2.11. The molecule has 0 bridgehead atoms. The largest absolute Gasteiger partial charge is 0.357 e. The second-order valence-corrected chi connectivity index (χ2v) is 9.47. The fourth-order valence-corrected chi connectivity index (χ4v) is 3.88. The summed E-state index contributed by atoms with van der Waals surface area (Å²) in [5, 5.41) is 6.42. The zero-order valence-corrected chi connectivity index (χ0v) is 20.1. The number of aromatic nitrogens is 1. The van der Waals surface area contributed by atoms with Gasteiger partial charge in [0, 0.05) is 25.2 Å². The Morgan fingerprint density at radius 1 is 1.26 bits per heavy atom. The predicted octanol–water partition coefficient (Wildman–Crippen LogP) is 3.21. The molecule has 9 heteroatoms. The number of hydrogen-bond acceptors (Lipinski definition) is 5. The number of halogens is 1. The van der Waals surface area contributed by atoms with Crippen molar-refractivity contribution in [3.8, 4) is 0 Å². The van der Waals surface area contributed by atoms with Gasteiger partial charge in [-0.3, -0.25) is 0 Å². The minimum absolute atomic E-state index is 0. The van der Waals surface area contributed by atoms with Gasteiger partial charge in [0.1, 0.15) is 0 Å². The lowest BCUT2D eigenvalue weighted by molar-refractivity contribution is 0.471. The number of rotatable bonds is 7. The van der Waals surface area contributed by atoms with Crippen LogP contribution in [0, 0.1) is 6.92 Å². The van der Waals surface area contributed by atoms with E-state index in [0.29, 0.717) is 13.1 Å². The topological polar surface area (TPSA) is 74.7 Å². The van der Waals surface area contributed by atoms with Gasteiger partial charge in [0.25, 0.3) is 0 Å². The van der Waals surface area contributed by atoms with Crippen molar-refractivity contribution < 1.29 is 8.42 Å². The highest BCUT2D eigenvalue weighted by Gasteiger charge is 2.09. The van der Waals surface area contributed by atoms with Gasteiger partial charge in [-0.05, 0) is 25.0 Å². The average Bonchev–Trinajstić information content (AvgIpc) is 2.96. The van der Waals surface area contributed by atoms with Gasteiger partial charge in [-0.2, -0.15) is 0 Å². The van der Waals surface area contributed by atoms with Crippen LogP contribution in [0.25, 0.3) is 0 Å². The summed E-state index contributed by atoms with van der Waals surface area (Å²) in [7, 11) is -1.02. The van der Waals surface area contributed by atoms with E-state index in [9.17, 15) is 8.42 Å². The molecule has 0 atom stereocenters. The summed E-state index contributed by atoms with van der Waals surface area (Å²) in [5.74, 6) is 0.882. The summed E-state index contributed by atoms with van der Waals surface area (Å²) in [5.41, 5.74) is 2.87. The third-order valence-corrected chi connectivity index (χ3v) is 5.31. The number of guanidine groups is 1. The first-order valence-electron chi connectivity index (χ1n) is 8.43. The van der Waals surface area contributed by atoms with E-state index in [0.717, 1.165) is 34.3 Å². The first-order valence-corrected chi connectivity index (χ1v) is 11.4. The lowest BCUT2D eigenvalue weighted by atomic mass is 10.1. The predicted molar refractivity (Wildman–Crippen MR) is 124 cm³/mol. The molecule has 0 amide bonds. The monoisotopic (exact) mass is 522 g/mol. The molecular weight excluding hydrogens is 495 g/mol. The van der Waals surface area contributed by atoms with Crippen molar-refractivity contribution in [3.05, 3.63) is 51.5 Å². The van der Waals surface area contributed by atoms with Crippen LogP contribution in [0.3, 0.4) is 0 Å². The molecule has 1 aromatic carbocycles. The number of nitrogens with one attached hydrogen (secondary N) is 1. The van der Waals surface area contributed by atoms with E-state index in [4.69, 9.17) is 0 Å². The Kier molecular flexibility index (Phi) is 9.68. The summed E-state index contributed by atoms with van der Waals surface area (Å²) in [6.45, 7) is 6.05. The second kappa shape index (κ2) is 11.0. The Labute approximate surface area is 183 Å². The molecule has 1 heterocycles. The molecule has 0 aliphatic heterocycles. The average molecular weight is 522 g/mol. The molecule has 0 saturated carbocycles. The Hall–Kier alpha value is -1.20. The molecule has 0 fully saturated rings. The molecule has 0 unspecified atom stereocenters. The highest BCUT2D eigenvalue weighted by molar-refractivity contribution is 14.0. The summed E-state index contributed by atoms with van der Waals surface area (Å²) in [6, 6.07) is 7.55. The minimum atomic E-state index is -3.01. The third kappa shape index (κ3) is 8.56. The van der Waals surface area contributed by atoms with Gasteiger partial charge in [-0.1, -0.05) is 24.3 Å². The van der Waals surface area contributed by atoms with Gasteiger partial charge in [0.2, 0.25) is 0 Å². The van der Waals surface area contributed by atoms with Crippen LogP contribution < -0.4 is 5.32 Å². The second-order valence-electron chi connectivity index (χ2n) is 6.27. The number of hydrogen-bond donors (Lipinski definition) is 1. The van der Waals surface area contributed by atoms with Gasteiger partial charge in [0.15, 0.2) is 15.8 Å². The van der Waals surface area contributed by atoms with Crippen molar-refractivity contribution in [1.82, 2.24) is 15.2 Å². The Bertz CT molecular complexity index is 849. The van der Waals surface area contributed by atoms with E-state index >= 15 is 0 Å². The van der Waals surface area contributed by atoms with E-state index in [1.165, 1.54) is 6.26 Å². The Morgan fingerprint density at radius 2 is 1.89 bits per heavy atom. The summed E-state index contributed by atoms with van der Waals surface area (Å²) < 4.78 is 22.7. The molecule has 2 rings (SSSR count). The number of aryl methyl sites for hydroxylation is 1. The van der Waals surface area contributed by atoms with Crippen LogP contribution in [-0.4, -0.2) is 44.1 Å². The van der Waals surface area contributed by atoms with Crippen molar-refractivity contribution in [2.24, 2.45) is 4.99 Å². The van der Waals surface area contributed by atoms with Crippen LogP contribution in [0.2, 0.25) is 0 Å². The van der Waals surface area contributed by atoms with Crippen molar-refractivity contribution >= 4 is 51.1 Å². The molecule has 0 saturated heterocycles. The van der Waals surface area contributed by atoms with Crippen LogP contribution in [0.15, 0.2) is 34.6 Å². The third-order valence-electron chi connectivity index (χ3n) is 3.63. The van der Waals surface area contributed by atoms with Crippen molar-refractivity contribution in [3.63, 3.8) is 0 Å². The van der Waals surface area contributed by atoms with E-state index in [1.54, 1.807) is 11.3 Å². The Morgan fingerprint density at radius 3 is 2.41 bits per heavy atom. The van der Waals surface area contributed by atoms with Gasteiger partial charge >= 0.3 is 0 Å². The normalized spacial score (nSPS) is 11.8. The fraction of sp³-hybridized carbons (Fsp3) is 0.444. The fourth-order valence-electron chi connectivity index (χ4n) is 2.48. The number of benzene rings is 1. The molecule has 0 aliphatic carbocycles. The highest BCUT2D eigenvalue weighted by atomic mass is 127. The van der Waals surface area contributed by atoms with Crippen LogP contribution in [-0.2, 0) is 28.7 Å². The smallest absolute Gasteiger partial charge is 0.194 e. The lowest BCUT2D eigenvalue weighted by Crippen LogP contribution is -2.38. The van der Waals surface area contributed by atoms with Gasteiger partial charge < -0.3 is 10.2 Å². The summed E-state index contributed by atoms with van der Waals surface area (Å²) in [6.07, 6.45) is 1.24. The van der Waals surface area contributed by atoms with Gasteiger partial charge in [-0.25, -0.2) is 18.4 Å². The molecule has 6 nitrogen and oxygen atoms in total. The quantitative estimate of drug-likeness (QED) is 0.344. The Balaban J connectivity index is 0.00000364. The first-order chi connectivity index (χ1) is 12.3. The number of aliphatic imine (C=N–C) groups is 1. The SMILES string of the molecule is CCNC(=NCc1ccc(CS(C)(=O)=O)cc1)N(C)Cc1csc(C)n1.I. The van der Waals surface area contributed by atoms with Crippen LogP contribution in [0.1, 0.15) is 28.8 Å². The molecule has 2 aromatic rings. The molecule has 0 spiro atoms. The van der Waals surface area contributed by atoms with E-state index < -0.39 is 9.84 Å². The van der Waals surface area contributed by atoms with Crippen molar-refractivity contribution in [2.75, 3.05) is 19.8 Å². The first kappa shape index (κ1) is 23.8.